The van der Waals surface area contributed by atoms with Crippen LogP contribution in [-0.4, -0.2) is 37.9 Å². The molecule has 126 valence electrons. The van der Waals surface area contributed by atoms with E-state index >= 15 is 0 Å². The fraction of sp³-hybridized carbons (Fsp3) is 0.333. The van der Waals surface area contributed by atoms with E-state index in [-0.39, 0.29) is 0 Å². The Morgan fingerprint density at radius 2 is 1.75 bits per heavy atom. The molecule has 0 amide bonds. The molecule has 0 radical (unpaired) electrons. The highest BCUT2D eigenvalue weighted by Gasteiger charge is 2.22. The minimum Gasteiger partial charge on any atom is -0.454 e. The molecule has 4 nitrogen and oxygen atoms in total. The summed E-state index contributed by atoms with van der Waals surface area (Å²) in [5.74, 6) is 1.74. The first kappa shape index (κ1) is 15.9. The van der Waals surface area contributed by atoms with Crippen molar-refractivity contribution < 1.29 is 9.47 Å². The van der Waals surface area contributed by atoms with Gasteiger partial charge in [-0.2, -0.15) is 0 Å². The normalized spacial score (nSPS) is 17.3. The van der Waals surface area contributed by atoms with E-state index in [4.69, 9.17) is 32.7 Å². The minimum absolute atomic E-state index is 0.317. The molecule has 0 aromatic heterocycles. The number of benzene rings is 2. The second-order valence-corrected chi connectivity index (χ2v) is 6.83. The van der Waals surface area contributed by atoms with Crippen molar-refractivity contribution in [1.29, 1.82) is 0 Å². The van der Waals surface area contributed by atoms with Crippen molar-refractivity contribution in [2.75, 3.05) is 37.9 Å². The first-order valence-electron chi connectivity index (χ1n) is 8.00. The second-order valence-electron chi connectivity index (χ2n) is 6.01. The van der Waals surface area contributed by atoms with Gasteiger partial charge in [0.2, 0.25) is 6.79 Å². The molecule has 0 unspecified atom stereocenters. The lowest BCUT2D eigenvalue weighted by atomic mass is 10.1. The molecular formula is C18H18Cl2N2O2. The van der Waals surface area contributed by atoms with Gasteiger partial charge in [0.25, 0.3) is 0 Å². The zero-order valence-electron chi connectivity index (χ0n) is 13.2. The van der Waals surface area contributed by atoms with Crippen LogP contribution in [0.2, 0.25) is 10.0 Å². The summed E-state index contributed by atoms with van der Waals surface area (Å²) < 4.78 is 11.1. The fourth-order valence-corrected chi connectivity index (χ4v) is 3.49. The third-order valence-electron chi connectivity index (χ3n) is 4.51. The SMILES string of the molecule is Clc1ccc(N2CCN(Cc3cccc4c3OCO4)CC2)cc1Cl. The Balaban J connectivity index is 1.40. The van der Waals surface area contributed by atoms with E-state index in [1.165, 1.54) is 5.56 Å². The van der Waals surface area contributed by atoms with Gasteiger partial charge in [-0.15, -0.1) is 0 Å². The quantitative estimate of drug-likeness (QED) is 0.820. The number of hydrogen-bond donors (Lipinski definition) is 0. The first-order valence-corrected chi connectivity index (χ1v) is 8.76. The number of hydrogen-bond acceptors (Lipinski definition) is 4. The summed E-state index contributed by atoms with van der Waals surface area (Å²) in [6.07, 6.45) is 0. The number of anilines is 1. The number of piperazine rings is 1. The van der Waals surface area contributed by atoms with Crippen molar-refractivity contribution in [3.05, 3.63) is 52.0 Å². The largest absolute Gasteiger partial charge is 0.454 e. The second kappa shape index (κ2) is 6.71. The number of rotatable bonds is 3. The van der Waals surface area contributed by atoms with E-state index in [0.717, 1.165) is 49.9 Å². The Bertz CT molecular complexity index is 746. The van der Waals surface area contributed by atoms with Gasteiger partial charge in [0.15, 0.2) is 11.5 Å². The van der Waals surface area contributed by atoms with E-state index in [2.05, 4.69) is 15.9 Å². The van der Waals surface area contributed by atoms with E-state index in [0.29, 0.717) is 16.8 Å². The number of ether oxygens (including phenoxy) is 2. The summed E-state index contributed by atoms with van der Waals surface area (Å²) in [6, 6.07) is 11.9. The number of nitrogens with zero attached hydrogens (tertiary/aromatic N) is 2. The summed E-state index contributed by atoms with van der Waals surface area (Å²) >= 11 is 12.1. The summed E-state index contributed by atoms with van der Waals surface area (Å²) in [5.41, 5.74) is 2.31. The molecule has 6 heteroatoms. The molecule has 0 saturated carbocycles. The molecule has 0 bridgehead atoms. The number of halogens is 2. The van der Waals surface area contributed by atoms with Gasteiger partial charge < -0.3 is 14.4 Å². The molecule has 0 N–H and O–H groups in total. The van der Waals surface area contributed by atoms with Crippen LogP contribution in [0.4, 0.5) is 5.69 Å². The van der Waals surface area contributed by atoms with Gasteiger partial charge in [-0.3, -0.25) is 4.90 Å². The molecule has 0 atom stereocenters. The Hall–Kier alpha value is -1.62. The maximum Gasteiger partial charge on any atom is 0.231 e. The molecule has 1 saturated heterocycles. The average molecular weight is 365 g/mol. The van der Waals surface area contributed by atoms with Crippen LogP contribution in [0.1, 0.15) is 5.56 Å². The van der Waals surface area contributed by atoms with Crippen LogP contribution in [0.5, 0.6) is 11.5 Å². The van der Waals surface area contributed by atoms with Crippen molar-refractivity contribution in [1.82, 2.24) is 4.90 Å². The molecule has 2 aromatic rings. The summed E-state index contributed by atoms with van der Waals surface area (Å²) in [5, 5.41) is 1.20. The van der Waals surface area contributed by atoms with Gasteiger partial charge in [-0.1, -0.05) is 35.3 Å². The molecule has 24 heavy (non-hydrogen) atoms. The van der Waals surface area contributed by atoms with Crippen molar-refractivity contribution in [3.63, 3.8) is 0 Å². The fourth-order valence-electron chi connectivity index (χ4n) is 3.20. The molecule has 0 aliphatic carbocycles. The third kappa shape index (κ3) is 3.14. The molecule has 0 spiro atoms. The molecule has 2 aromatic carbocycles. The number of para-hydroxylation sites is 1. The van der Waals surface area contributed by atoms with Gasteiger partial charge in [-0.05, 0) is 24.3 Å². The van der Waals surface area contributed by atoms with Crippen LogP contribution in [0.15, 0.2) is 36.4 Å². The Labute approximate surface area is 151 Å². The highest BCUT2D eigenvalue weighted by atomic mass is 35.5. The summed E-state index contributed by atoms with van der Waals surface area (Å²) in [4.78, 5) is 4.78. The van der Waals surface area contributed by atoms with Crippen LogP contribution in [0.3, 0.4) is 0 Å². The summed E-state index contributed by atoms with van der Waals surface area (Å²) in [7, 11) is 0. The predicted octanol–water partition coefficient (Wildman–Crippen LogP) is 4.04. The lowest BCUT2D eigenvalue weighted by Crippen LogP contribution is -2.46. The molecular weight excluding hydrogens is 347 g/mol. The van der Waals surface area contributed by atoms with Crippen LogP contribution >= 0.6 is 23.2 Å². The number of fused-ring (bicyclic) bond motifs is 1. The van der Waals surface area contributed by atoms with E-state index < -0.39 is 0 Å². The Morgan fingerprint density at radius 3 is 2.54 bits per heavy atom. The highest BCUT2D eigenvalue weighted by molar-refractivity contribution is 6.42. The first-order chi connectivity index (χ1) is 11.7. The molecule has 1 fully saturated rings. The maximum atomic E-state index is 6.13. The summed E-state index contributed by atoms with van der Waals surface area (Å²) in [6.45, 7) is 5.10. The zero-order valence-corrected chi connectivity index (χ0v) is 14.7. The van der Waals surface area contributed by atoms with E-state index in [1.807, 2.05) is 30.3 Å². The van der Waals surface area contributed by atoms with Gasteiger partial charge >= 0.3 is 0 Å². The van der Waals surface area contributed by atoms with Gasteiger partial charge in [0, 0.05) is 44.0 Å². The molecule has 4 rings (SSSR count). The Kier molecular flexibility index (Phi) is 4.44. The Morgan fingerprint density at radius 1 is 0.917 bits per heavy atom. The standard InChI is InChI=1S/C18H18Cl2N2O2/c19-15-5-4-14(10-16(15)20)22-8-6-21(7-9-22)11-13-2-1-3-17-18(13)24-12-23-17/h1-5,10H,6-9,11-12H2. The van der Waals surface area contributed by atoms with E-state index in [1.54, 1.807) is 0 Å². The van der Waals surface area contributed by atoms with E-state index in [9.17, 15) is 0 Å². The molecule has 2 heterocycles. The van der Waals surface area contributed by atoms with Gasteiger partial charge in [0.05, 0.1) is 10.0 Å². The third-order valence-corrected chi connectivity index (χ3v) is 5.25. The topological polar surface area (TPSA) is 24.9 Å². The maximum absolute atomic E-state index is 6.13. The van der Waals surface area contributed by atoms with Crippen LogP contribution < -0.4 is 14.4 Å². The van der Waals surface area contributed by atoms with Crippen LogP contribution in [0.25, 0.3) is 0 Å². The molecule has 2 aliphatic heterocycles. The van der Waals surface area contributed by atoms with Crippen molar-refractivity contribution in [2.45, 2.75) is 6.54 Å². The van der Waals surface area contributed by atoms with Crippen LogP contribution in [0, 0.1) is 0 Å². The molecule has 2 aliphatic rings. The van der Waals surface area contributed by atoms with Gasteiger partial charge in [-0.25, -0.2) is 0 Å². The lowest BCUT2D eigenvalue weighted by molar-refractivity contribution is 0.171. The average Bonchev–Trinajstić information content (AvgIpc) is 3.08. The van der Waals surface area contributed by atoms with Crippen LogP contribution in [-0.2, 0) is 6.54 Å². The highest BCUT2D eigenvalue weighted by Crippen LogP contribution is 2.36. The minimum atomic E-state index is 0.317. The zero-order chi connectivity index (χ0) is 16.5. The predicted molar refractivity (Wildman–Crippen MR) is 96.5 cm³/mol. The van der Waals surface area contributed by atoms with Crippen molar-refractivity contribution >= 4 is 28.9 Å². The monoisotopic (exact) mass is 364 g/mol. The van der Waals surface area contributed by atoms with Gasteiger partial charge in [0.1, 0.15) is 0 Å². The smallest absolute Gasteiger partial charge is 0.231 e. The van der Waals surface area contributed by atoms with Crippen molar-refractivity contribution in [3.8, 4) is 11.5 Å². The van der Waals surface area contributed by atoms with Crippen molar-refractivity contribution in [2.24, 2.45) is 0 Å². The lowest BCUT2D eigenvalue weighted by Gasteiger charge is -2.36.